The molecule has 2 unspecified atom stereocenters. The normalized spacial score (nSPS) is 12.2. The van der Waals surface area contributed by atoms with Gasteiger partial charge in [-0.15, -0.1) is 0 Å². The van der Waals surface area contributed by atoms with Gasteiger partial charge in [0, 0.05) is 0 Å². The van der Waals surface area contributed by atoms with Crippen molar-refractivity contribution in [2.75, 3.05) is 13.2 Å². The summed E-state index contributed by atoms with van der Waals surface area (Å²) in [6.45, 7) is 7.73. The maximum Gasteiger partial charge on any atom is 2.00 e. The Morgan fingerprint density at radius 2 is 0.667 bits per heavy atom. The average Bonchev–Trinajstić information content (AvgIpc) is 3.24. The first-order chi connectivity index (χ1) is 29.6. The SMILES string of the molecule is CCCCCCCCCCCCOC(=O)c1ccccc1C(=O)OC(CC)S(=O)(=O)[O-].CCCCCCCCCCCCOC(=O)c1ccccc1C(=O)OC(CC)S(=O)(=O)[O-].[Ca+2]. The predicted molar refractivity (Wildman–Crippen MR) is 241 cm³/mol. The Balaban J connectivity index is 0.00000120. The fraction of sp³-hybridized carbons (Fsp3) is 0.652. The Bertz CT molecular complexity index is 1690. The Hall–Kier alpha value is -2.60. The van der Waals surface area contributed by atoms with Crippen molar-refractivity contribution < 1.29 is 64.1 Å². The number of hydrogen-bond acceptors (Lipinski definition) is 14. The van der Waals surface area contributed by atoms with Gasteiger partial charge in [-0.2, -0.15) is 0 Å². The summed E-state index contributed by atoms with van der Waals surface area (Å²) in [6, 6.07) is 11.6. The minimum Gasteiger partial charge on any atom is -0.745 e. The molecule has 0 spiro atoms. The van der Waals surface area contributed by atoms with Crippen LogP contribution in [0.25, 0.3) is 0 Å². The average molecular weight is 951 g/mol. The van der Waals surface area contributed by atoms with E-state index in [4.69, 9.17) is 18.9 Å². The fourth-order valence-electron chi connectivity index (χ4n) is 6.40. The zero-order valence-electron chi connectivity index (χ0n) is 38.0. The second-order valence-corrected chi connectivity index (χ2v) is 18.2. The summed E-state index contributed by atoms with van der Waals surface area (Å²) >= 11 is 0. The van der Waals surface area contributed by atoms with Crippen molar-refractivity contribution in [3.63, 3.8) is 0 Å². The van der Waals surface area contributed by atoms with Gasteiger partial charge in [-0.1, -0.05) is 168 Å². The zero-order chi connectivity index (χ0) is 46.2. The number of rotatable bonds is 32. The standard InChI is InChI=1S/2C23H36O7S.Ca/c2*1-3-5-6-7-8-9-10-11-12-15-18-29-22(24)19-16-13-14-17-20(19)23(25)30-21(4-2)31(26,27)28;/h2*13-14,16-17,21H,3-12,15,18H2,1-2H3,(H,26,27,28);/q;;+2/p-2. The van der Waals surface area contributed by atoms with Crippen molar-refractivity contribution in [2.24, 2.45) is 0 Å². The van der Waals surface area contributed by atoms with Crippen LogP contribution in [0.2, 0.25) is 0 Å². The van der Waals surface area contributed by atoms with Crippen molar-refractivity contribution in [1.29, 1.82) is 0 Å². The van der Waals surface area contributed by atoms with Crippen LogP contribution in [0.1, 0.15) is 210 Å². The largest absolute Gasteiger partial charge is 2.00 e. The first-order valence-corrected chi connectivity index (χ1v) is 25.4. The molecule has 0 fully saturated rings. The maximum atomic E-state index is 12.4. The minimum absolute atomic E-state index is 0. The van der Waals surface area contributed by atoms with Crippen molar-refractivity contribution in [3.05, 3.63) is 70.8 Å². The molecule has 352 valence electrons. The van der Waals surface area contributed by atoms with Gasteiger partial charge in [-0.05, 0) is 49.9 Å². The van der Waals surface area contributed by atoms with Gasteiger partial charge in [-0.25, -0.2) is 36.0 Å². The second-order valence-electron chi connectivity index (χ2n) is 15.2. The molecule has 0 aliphatic heterocycles. The topological polar surface area (TPSA) is 220 Å². The second kappa shape index (κ2) is 35.6. The van der Waals surface area contributed by atoms with E-state index in [-0.39, 0.29) is 86.0 Å². The van der Waals surface area contributed by atoms with Crippen LogP contribution in [-0.4, -0.2) is 112 Å². The van der Waals surface area contributed by atoms with Gasteiger partial charge in [0.2, 0.25) is 0 Å². The molecule has 2 aromatic carbocycles. The summed E-state index contributed by atoms with van der Waals surface area (Å²) in [6.07, 6.45) is 22.9. The molecule has 0 saturated heterocycles. The molecule has 0 saturated carbocycles. The summed E-state index contributed by atoms with van der Waals surface area (Å²) in [7, 11) is -9.59. The minimum atomic E-state index is -4.79. The van der Waals surface area contributed by atoms with E-state index in [1.165, 1.54) is 140 Å². The number of benzene rings is 2. The van der Waals surface area contributed by atoms with Crippen LogP contribution in [0.15, 0.2) is 48.5 Å². The number of esters is 4. The van der Waals surface area contributed by atoms with Crippen LogP contribution in [0.3, 0.4) is 0 Å². The first kappa shape index (κ1) is 60.4. The molecular formula is C46H70CaO14S2. The summed E-state index contributed by atoms with van der Waals surface area (Å²) in [5, 5.41) is 0. The van der Waals surface area contributed by atoms with E-state index in [0.717, 1.165) is 38.5 Å². The monoisotopic (exact) mass is 950 g/mol. The number of carbonyl (C=O) groups is 4. The molecule has 0 amide bonds. The van der Waals surface area contributed by atoms with Crippen LogP contribution < -0.4 is 0 Å². The van der Waals surface area contributed by atoms with Crippen LogP contribution in [0.4, 0.5) is 0 Å². The van der Waals surface area contributed by atoms with Gasteiger partial charge in [-0.3, -0.25) is 0 Å². The number of unbranched alkanes of at least 4 members (excludes halogenated alkanes) is 18. The molecule has 0 aliphatic rings. The molecule has 0 aromatic heterocycles. The van der Waals surface area contributed by atoms with Crippen LogP contribution in [-0.2, 0) is 39.2 Å². The van der Waals surface area contributed by atoms with Gasteiger partial charge >= 0.3 is 61.6 Å². The summed E-state index contributed by atoms with van der Waals surface area (Å²) in [4.78, 5) is 49.4. The Morgan fingerprint density at radius 3 is 0.905 bits per heavy atom. The van der Waals surface area contributed by atoms with Crippen molar-refractivity contribution in [1.82, 2.24) is 0 Å². The van der Waals surface area contributed by atoms with Crippen LogP contribution in [0.5, 0.6) is 0 Å². The molecule has 2 aromatic rings. The molecule has 0 bridgehead atoms. The van der Waals surface area contributed by atoms with Gasteiger partial charge < -0.3 is 28.1 Å². The van der Waals surface area contributed by atoms with E-state index in [9.17, 15) is 45.1 Å². The number of hydrogen-bond donors (Lipinski definition) is 0. The van der Waals surface area contributed by atoms with Gasteiger partial charge in [0.05, 0.1) is 35.5 Å². The summed E-state index contributed by atoms with van der Waals surface area (Å²) in [5.41, 5.74) is -3.88. The van der Waals surface area contributed by atoms with Crippen molar-refractivity contribution in [2.45, 2.75) is 180 Å². The predicted octanol–water partition coefficient (Wildman–Crippen LogP) is 10.0. The number of carbonyl (C=O) groups excluding carboxylic acids is 4. The van der Waals surface area contributed by atoms with Crippen LogP contribution >= 0.6 is 0 Å². The molecule has 14 nitrogen and oxygen atoms in total. The van der Waals surface area contributed by atoms with Gasteiger partial charge in [0.15, 0.2) is 10.9 Å². The van der Waals surface area contributed by atoms with E-state index in [2.05, 4.69) is 13.8 Å². The molecule has 0 N–H and O–H groups in total. The van der Waals surface area contributed by atoms with E-state index < -0.39 is 55.0 Å². The Kier molecular flexibility index (Phi) is 34.2. The molecule has 0 radical (unpaired) electrons. The summed E-state index contributed by atoms with van der Waals surface area (Å²) in [5.74, 6) is -3.45. The molecule has 2 rings (SSSR count). The van der Waals surface area contributed by atoms with Crippen LogP contribution in [0, 0.1) is 0 Å². The van der Waals surface area contributed by atoms with E-state index in [0.29, 0.717) is 0 Å². The summed E-state index contributed by atoms with van der Waals surface area (Å²) < 4.78 is 87.0. The van der Waals surface area contributed by atoms with E-state index in [1.807, 2.05) is 0 Å². The Morgan fingerprint density at radius 1 is 0.429 bits per heavy atom. The maximum absolute atomic E-state index is 12.4. The molecule has 2 atom stereocenters. The zero-order valence-corrected chi connectivity index (χ0v) is 41.8. The third kappa shape index (κ3) is 26.8. The first-order valence-electron chi connectivity index (χ1n) is 22.5. The van der Waals surface area contributed by atoms with E-state index in [1.54, 1.807) is 12.1 Å². The molecule has 63 heavy (non-hydrogen) atoms. The van der Waals surface area contributed by atoms with E-state index >= 15 is 0 Å². The molecule has 17 heteroatoms. The van der Waals surface area contributed by atoms with Gasteiger partial charge in [0.1, 0.15) is 20.2 Å². The molecule has 0 aliphatic carbocycles. The molecular weight excluding hydrogens is 881 g/mol. The fourth-order valence-corrected chi connectivity index (χ4v) is 7.63. The molecule has 0 heterocycles. The number of ether oxygens (including phenoxy) is 4. The third-order valence-corrected chi connectivity index (χ3v) is 12.1. The smallest absolute Gasteiger partial charge is 0.745 e. The Labute approximate surface area is 406 Å². The van der Waals surface area contributed by atoms with Gasteiger partial charge in [0.25, 0.3) is 0 Å². The third-order valence-electron chi connectivity index (χ3n) is 9.98. The van der Waals surface area contributed by atoms with Crippen molar-refractivity contribution >= 4 is 81.9 Å². The quantitative estimate of drug-likeness (QED) is 0.0219. The van der Waals surface area contributed by atoms with Crippen molar-refractivity contribution in [3.8, 4) is 0 Å².